The number of aliphatic carboxylic acids is 1. The first-order chi connectivity index (χ1) is 8.00. The van der Waals surface area contributed by atoms with Crippen LogP contribution in [0.1, 0.15) is 0 Å². The molecule has 1 aromatic carbocycles. The Morgan fingerprint density at radius 2 is 2.06 bits per heavy atom. The molecule has 0 heterocycles. The summed E-state index contributed by atoms with van der Waals surface area (Å²) in [4.78, 5) is 23.0. The first kappa shape index (κ1) is 13.5. The zero-order valence-corrected chi connectivity index (χ0v) is 10.8. The summed E-state index contributed by atoms with van der Waals surface area (Å²) in [7, 11) is 1.42. The Hall–Kier alpha value is -1.56. The van der Waals surface area contributed by atoms with Crippen LogP contribution in [0.4, 0.5) is 0 Å². The molecule has 0 radical (unpaired) electrons. The summed E-state index contributed by atoms with van der Waals surface area (Å²) in [5, 5.41) is 8.52. The molecule has 0 aliphatic heterocycles. The highest BCUT2D eigenvalue weighted by Crippen LogP contribution is 2.23. The molecule has 0 atom stereocenters. The maximum Gasteiger partial charge on any atom is 0.323 e. The van der Waals surface area contributed by atoms with Crippen LogP contribution in [0.2, 0.25) is 0 Å². The standard InChI is InChI=1S/C11H12BrNO4/c1-13(6-11(15)16)10(14)7-17-9-5-3-2-4-8(9)12/h2-5H,6-7H2,1H3,(H,15,16). The third-order valence-electron chi connectivity index (χ3n) is 1.99. The van der Waals surface area contributed by atoms with Crippen LogP contribution in [0.15, 0.2) is 28.7 Å². The number of para-hydroxylation sites is 1. The maximum absolute atomic E-state index is 11.5. The van der Waals surface area contributed by atoms with Crippen LogP contribution in [0, 0.1) is 0 Å². The number of carbonyl (C=O) groups excluding carboxylic acids is 1. The summed E-state index contributed by atoms with van der Waals surface area (Å²) in [5.41, 5.74) is 0. The van der Waals surface area contributed by atoms with Crippen molar-refractivity contribution in [3.05, 3.63) is 28.7 Å². The Kier molecular flexibility index (Phi) is 4.96. The lowest BCUT2D eigenvalue weighted by Crippen LogP contribution is -2.35. The molecule has 0 aromatic heterocycles. The highest BCUT2D eigenvalue weighted by molar-refractivity contribution is 9.10. The maximum atomic E-state index is 11.5. The molecule has 92 valence electrons. The summed E-state index contributed by atoms with van der Waals surface area (Å²) in [6.45, 7) is -0.523. The lowest BCUT2D eigenvalue weighted by atomic mass is 10.3. The molecule has 0 bridgehead atoms. The van der Waals surface area contributed by atoms with Crippen LogP contribution < -0.4 is 4.74 Å². The summed E-state index contributed by atoms with van der Waals surface area (Å²) >= 11 is 3.28. The zero-order chi connectivity index (χ0) is 12.8. The van der Waals surface area contributed by atoms with Gasteiger partial charge in [0.25, 0.3) is 5.91 Å². The third kappa shape index (κ3) is 4.44. The van der Waals surface area contributed by atoms with Crippen LogP contribution >= 0.6 is 15.9 Å². The van der Waals surface area contributed by atoms with E-state index in [2.05, 4.69) is 15.9 Å². The van der Waals surface area contributed by atoms with E-state index in [9.17, 15) is 9.59 Å². The number of amides is 1. The number of rotatable bonds is 5. The van der Waals surface area contributed by atoms with E-state index in [1.165, 1.54) is 7.05 Å². The fourth-order valence-electron chi connectivity index (χ4n) is 1.10. The van der Waals surface area contributed by atoms with Crippen molar-refractivity contribution in [3.8, 4) is 5.75 Å². The van der Waals surface area contributed by atoms with Gasteiger partial charge < -0.3 is 14.7 Å². The van der Waals surface area contributed by atoms with E-state index in [1.807, 2.05) is 6.07 Å². The van der Waals surface area contributed by atoms with Crippen molar-refractivity contribution in [1.29, 1.82) is 0 Å². The van der Waals surface area contributed by atoms with Crippen molar-refractivity contribution in [2.24, 2.45) is 0 Å². The predicted octanol–water partition coefficient (Wildman–Crippen LogP) is 1.37. The van der Waals surface area contributed by atoms with Crippen LogP contribution in [0.25, 0.3) is 0 Å². The molecule has 1 amide bonds. The number of hydrogen-bond donors (Lipinski definition) is 1. The first-order valence-electron chi connectivity index (χ1n) is 4.84. The molecule has 1 aromatic rings. The van der Waals surface area contributed by atoms with Gasteiger partial charge in [0.05, 0.1) is 4.47 Å². The van der Waals surface area contributed by atoms with Gasteiger partial charge in [-0.3, -0.25) is 9.59 Å². The van der Waals surface area contributed by atoms with Crippen molar-refractivity contribution in [3.63, 3.8) is 0 Å². The number of carbonyl (C=O) groups is 2. The van der Waals surface area contributed by atoms with Gasteiger partial charge in [-0.2, -0.15) is 0 Å². The van der Waals surface area contributed by atoms with Gasteiger partial charge in [0.1, 0.15) is 12.3 Å². The Morgan fingerprint density at radius 3 is 2.65 bits per heavy atom. The highest BCUT2D eigenvalue weighted by atomic mass is 79.9. The van der Waals surface area contributed by atoms with Gasteiger partial charge >= 0.3 is 5.97 Å². The molecule has 1 N–H and O–H groups in total. The summed E-state index contributed by atoms with van der Waals surface area (Å²) in [5.74, 6) is -0.894. The Labute approximate surface area is 107 Å². The first-order valence-corrected chi connectivity index (χ1v) is 5.63. The third-order valence-corrected chi connectivity index (χ3v) is 2.64. The van der Waals surface area contributed by atoms with Gasteiger partial charge in [-0.1, -0.05) is 12.1 Å². The van der Waals surface area contributed by atoms with Gasteiger partial charge in [-0.05, 0) is 28.1 Å². The molecule has 17 heavy (non-hydrogen) atoms. The average Bonchev–Trinajstić information content (AvgIpc) is 2.26. The molecule has 0 aliphatic rings. The van der Waals surface area contributed by atoms with Gasteiger partial charge in [-0.15, -0.1) is 0 Å². The second kappa shape index (κ2) is 6.24. The van der Waals surface area contributed by atoms with E-state index >= 15 is 0 Å². The monoisotopic (exact) mass is 301 g/mol. The quantitative estimate of drug-likeness (QED) is 0.892. The van der Waals surface area contributed by atoms with E-state index in [4.69, 9.17) is 9.84 Å². The van der Waals surface area contributed by atoms with Crippen molar-refractivity contribution >= 4 is 27.8 Å². The number of likely N-dealkylation sites (N-methyl/N-ethyl adjacent to an activating group) is 1. The second-order valence-electron chi connectivity index (χ2n) is 3.36. The Balaban J connectivity index is 2.48. The number of ether oxygens (including phenoxy) is 1. The Bertz CT molecular complexity index is 422. The number of carboxylic acid groups (broad SMARTS) is 1. The lowest BCUT2D eigenvalue weighted by Gasteiger charge is -2.15. The second-order valence-corrected chi connectivity index (χ2v) is 4.22. The molecular weight excluding hydrogens is 290 g/mol. The molecule has 0 saturated carbocycles. The van der Waals surface area contributed by atoms with Crippen LogP contribution in [0.5, 0.6) is 5.75 Å². The molecule has 6 heteroatoms. The molecule has 0 aliphatic carbocycles. The molecule has 0 unspecified atom stereocenters. The summed E-state index contributed by atoms with van der Waals surface area (Å²) in [6, 6.07) is 7.12. The van der Waals surface area contributed by atoms with Gasteiger partial charge in [-0.25, -0.2) is 0 Å². The molecular formula is C11H12BrNO4. The predicted molar refractivity (Wildman–Crippen MR) is 64.9 cm³/mol. The molecule has 5 nitrogen and oxygen atoms in total. The van der Waals surface area contributed by atoms with E-state index < -0.39 is 5.97 Å². The molecule has 0 saturated heterocycles. The fourth-order valence-corrected chi connectivity index (χ4v) is 1.50. The number of carboxylic acids is 1. The van der Waals surface area contributed by atoms with E-state index in [1.54, 1.807) is 18.2 Å². The molecule has 1 rings (SSSR count). The van der Waals surface area contributed by atoms with Crippen LogP contribution in [0.3, 0.4) is 0 Å². The van der Waals surface area contributed by atoms with Crippen molar-refractivity contribution in [1.82, 2.24) is 4.90 Å². The van der Waals surface area contributed by atoms with Gasteiger partial charge in [0, 0.05) is 7.05 Å². The SMILES string of the molecule is CN(CC(=O)O)C(=O)COc1ccccc1Br. The van der Waals surface area contributed by atoms with Crippen molar-refractivity contribution < 1.29 is 19.4 Å². The molecule has 0 spiro atoms. The van der Waals surface area contributed by atoms with Gasteiger partial charge in [0.2, 0.25) is 0 Å². The van der Waals surface area contributed by atoms with Gasteiger partial charge in [0.15, 0.2) is 6.61 Å². The number of hydrogen-bond acceptors (Lipinski definition) is 3. The normalized spacial score (nSPS) is 9.76. The number of nitrogens with zero attached hydrogens (tertiary/aromatic N) is 1. The van der Waals surface area contributed by atoms with Crippen molar-refractivity contribution in [2.45, 2.75) is 0 Å². The Morgan fingerprint density at radius 1 is 1.41 bits per heavy atom. The van der Waals surface area contributed by atoms with Crippen molar-refractivity contribution in [2.75, 3.05) is 20.2 Å². The highest BCUT2D eigenvalue weighted by Gasteiger charge is 2.13. The minimum absolute atomic E-state index is 0.188. The number of benzene rings is 1. The lowest BCUT2D eigenvalue weighted by molar-refractivity contribution is -0.144. The minimum Gasteiger partial charge on any atom is -0.483 e. The zero-order valence-electron chi connectivity index (χ0n) is 9.22. The molecule has 0 fully saturated rings. The summed E-state index contributed by atoms with van der Waals surface area (Å²) in [6.07, 6.45) is 0. The van der Waals surface area contributed by atoms with Crippen LogP contribution in [-0.4, -0.2) is 42.1 Å². The topological polar surface area (TPSA) is 66.8 Å². The fraction of sp³-hybridized carbons (Fsp3) is 0.273. The van der Waals surface area contributed by atoms with E-state index in [-0.39, 0.29) is 19.1 Å². The van der Waals surface area contributed by atoms with E-state index in [0.29, 0.717) is 5.75 Å². The minimum atomic E-state index is -1.05. The smallest absolute Gasteiger partial charge is 0.323 e. The van der Waals surface area contributed by atoms with Crippen LogP contribution in [-0.2, 0) is 9.59 Å². The van der Waals surface area contributed by atoms with E-state index in [0.717, 1.165) is 9.37 Å². The number of halogens is 1. The summed E-state index contributed by atoms with van der Waals surface area (Å²) < 4.78 is 6.01. The average molecular weight is 302 g/mol. The largest absolute Gasteiger partial charge is 0.483 e.